The highest BCUT2D eigenvalue weighted by Gasteiger charge is 2.32. The van der Waals surface area contributed by atoms with E-state index in [1.54, 1.807) is 12.2 Å². The summed E-state index contributed by atoms with van der Waals surface area (Å²) < 4.78 is 23.7. The maximum Gasteiger partial charge on any atom is 0.266 e. The lowest BCUT2D eigenvalue weighted by Crippen LogP contribution is -2.38. The lowest BCUT2D eigenvalue weighted by Gasteiger charge is -2.29. The Morgan fingerprint density at radius 1 is 1.23 bits per heavy atom. The molecule has 1 atom stereocenters. The van der Waals surface area contributed by atoms with Crippen LogP contribution in [0.4, 0.5) is 0 Å². The smallest absolute Gasteiger partial charge is 0.266 e. The van der Waals surface area contributed by atoms with Gasteiger partial charge in [-0.05, 0) is 20.5 Å². The number of nitriles is 1. The van der Waals surface area contributed by atoms with Gasteiger partial charge in [0.1, 0.15) is 11.6 Å². The lowest BCUT2D eigenvalue weighted by atomic mass is 10.2. The molecule has 1 saturated heterocycles. The molecule has 0 radical (unpaired) electrons. The highest BCUT2D eigenvalue weighted by atomic mass is 32.2. The van der Waals surface area contributed by atoms with Crippen molar-refractivity contribution in [1.82, 2.24) is 14.7 Å². The van der Waals surface area contributed by atoms with Gasteiger partial charge in [-0.2, -0.15) is 5.26 Å². The number of hydrogen-bond donors (Lipinski definition) is 0. The van der Waals surface area contributed by atoms with Gasteiger partial charge in [0, 0.05) is 38.4 Å². The predicted octanol–water partition coefficient (Wildman–Crippen LogP) is 0.645. The zero-order chi connectivity index (χ0) is 19.7. The summed E-state index contributed by atoms with van der Waals surface area (Å²) in [7, 11) is 0.768. The quantitative estimate of drug-likeness (QED) is 0.314. The first-order chi connectivity index (χ1) is 12.2. The van der Waals surface area contributed by atoms with Crippen LogP contribution in [0.25, 0.3) is 0 Å². The molecule has 1 amide bonds. The van der Waals surface area contributed by atoms with Crippen LogP contribution in [0.15, 0.2) is 37.1 Å². The second-order valence-electron chi connectivity index (χ2n) is 6.54. The van der Waals surface area contributed by atoms with Crippen LogP contribution in [0.3, 0.4) is 0 Å². The first kappa shape index (κ1) is 21.9. The Kier molecular flexibility index (Phi) is 8.55. The summed E-state index contributed by atoms with van der Waals surface area (Å²) in [4.78, 5) is 17.9. The number of likely N-dealkylation sites (N-methyl/N-ethyl adjacent to an activating group) is 1. The molecule has 1 fully saturated rings. The van der Waals surface area contributed by atoms with Crippen molar-refractivity contribution in [2.45, 2.75) is 12.5 Å². The largest absolute Gasteiger partial charge is 0.371 e. The Balaban J connectivity index is 3.08. The molecule has 144 valence electrons. The van der Waals surface area contributed by atoms with Gasteiger partial charge in [-0.15, -0.1) is 13.2 Å². The summed E-state index contributed by atoms with van der Waals surface area (Å²) in [6.45, 7) is 9.08. The van der Waals surface area contributed by atoms with Gasteiger partial charge in [0.15, 0.2) is 9.84 Å². The van der Waals surface area contributed by atoms with Gasteiger partial charge >= 0.3 is 0 Å². The average Bonchev–Trinajstić information content (AvgIpc) is 2.94. The van der Waals surface area contributed by atoms with E-state index in [-0.39, 0.29) is 23.1 Å². The van der Waals surface area contributed by atoms with Gasteiger partial charge in [0.25, 0.3) is 5.91 Å². The first-order valence-electron chi connectivity index (χ1n) is 8.48. The molecule has 1 heterocycles. The second-order valence-corrected chi connectivity index (χ2v) is 8.77. The van der Waals surface area contributed by atoms with Crippen molar-refractivity contribution in [2.75, 3.05) is 51.8 Å². The van der Waals surface area contributed by atoms with E-state index in [1.165, 1.54) is 11.1 Å². The Bertz CT molecular complexity index is 682. The van der Waals surface area contributed by atoms with Crippen molar-refractivity contribution in [2.24, 2.45) is 0 Å². The molecule has 1 unspecified atom stereocenters. The van der Waals surface area contributed by atoms with E-state index < -0.39 is 15.7 Å². The monoisotopic (exact) mass is 380 g/mol. The molecule has 1 rings (SSSR count). The highest BCUT2D eigenvalue weighted by Crippen LogP contribution is 2.19. The van der Waals surface area contributed by atoms with Crippen LogP contribution in [0.5, 0.6) is 0 Å². The van der Waals surface area contributed by atoms with Gasteiger partial charge in [0.05, 0.1) is 11.5 Å². The molecule has 0 saturated carbocycles. The molecular weight excluding hydrogens is 352 g/mol. The lowest BCUT2D eigenvalue weighted by molar-refractivity contribution is -0.125. The van der Waals surface area contributed by atoms with E-state index in [9.17, 15) is 18.5 Å². The second kappa shape index (κ2) is 10.1. The molecule has 0 aromatic heterocycles. The first-order valence-corrected chi connectivity index (χ1v) is 10.3. The van der Waals surface area contributed by atoms with Gasteiger partial charge < -0.3 is 14.7 Å². The summed E-state index contributed by atoms with van der Waals surface area (Å²) in [5.41, 5.74) is -0.0169. The minimum absolute atomic E-state index is 0.0169. The molecule has 0 spiro atoms. The fourth-order valence-electron chi connectivity index (χ4n) is 2.73. The third kappa shape index (κ3) is 6.65. The molecule has 0 aliphatic carbocycles. The van der Waals surface area contributed by atoms with Gasteiger partial charge in [-0.3, -0.25) is 4.79 Å². The van der Waals surface area contributed by atoms with Crippen molar-refractivity contribution in [3.8, 4) is 6.07 Å². The Morgan fingerprint density at radius 3 is 2.27 bits per heavy atom. The summed E-state index contributed by atoms with van der Waals surface area (Å²) in [6.07, 6.45) is 5.19. The van der Waals surface area contributed by atoms with Crippen LogP contribution in [-0.4, -0.2) is 86.8 Å². The molecular formula is C18H28N4O3S. The van der Waals surface area contributed by atoms with Crippen molar-refractivity contribution in [1.29, 1.82) is 5.26 Å². The predicted molar refractivity (Wildman–Crippen MR) is 103 cm³/mol. The zero-order valence-corrected chi connectivity index (χ0v) is 16.4. The van der Waals surface area contributed by atoms with E-state index in [0.29, 0.717) is 32.6 Å². The van der Waals surface area contributed by atoms with Crippen LogP contribution in [0, 0.1) is 11.3 Å². The van der Waals surface area contributed by atoms with Crippen molar-refractivity contribution in [3.63, 3.8) is 0 Å². The summed E-state index contributed by atoms with van der Waals surface area (Å²) >= 11 is 0. The van der Waals surface area contributed by atoms with Crippen molar-refractivity contribution in [3.05, 3.63) is 37.1 Å². The molecule has 0 N–H and O–H groups in total. The minimum Gasteiger partial charge on any atom is -0.371 e. The summed E-state index contributed by atoms with van der Waals surface area (Å²) in [6, 6.07) is 1.74. The zero-order valence-electron chi connectivity index (χ0n) is 15.6. The van der Waals surface area contributed by atoms with E-state index in [2.05, 4.69) is 13.2 Å². The number of rotatable bonds is 10. The van der Waals surface area contributed by atoms with Crippen LogP contribution in [-0.2, 0) is 14.6 Å². The fraction of sp³-hybridized carbons (Fsp3) is 0.556. The molecule has 1 aliphatic heterocycles. The minimum atomic E-state index is -3.06. The normalized spacial score (nSPS) is 19.0. The number of carbonyl (C=O) groups excluding carboxylic acids is 1. The van der Waals surface area contributed by atoms with Gasteiger partial charge in [-0.1, -0.05) is 12.2 Å². The van der Waals surface area contributed by atoms with Crippen LogP contribution in [0.2, 0.25) is 0 Å². The van der Waals surface area contributed by atoms with Crippen LogP contribution >= 0.6 is 0 Å². The van der Waals surface area contributed by atoms with Crippen LogP contribution in [0.1, 0.15) is 6.42 Å². The van der Waals surface area contributed by atoms with Crippen LogP contribution < -0.4 is 0 Å². The van der Waals surface area contributed by atoms with Crippen molar-refractivity contribution >= 4 is 15.7 Å². The van der Waals surface area contributed by atoms with E-state index in [4.69, 9.17) is 0 Å². The number of carbonyl (C=O) groups is 1. The Morgan fingerprint density at radius 2 is 1.85 bits per heavy atom. The topological polar surface area (TPSA) is 84.7 Å². The van der Waals surface area contributed by atoms with Crippen molar-refractivity contribution < 1.29 is 13.2 Å². The standard InChI is InChI=1S/C18H28N4O3S/c1-5-8-21(9-6-2)18(23)16(13-19)14-22(11-10-20(3)4)17-7-12-26(24,25)15-17/h5-6,14,17H,1-2,7-12,15H2,3-4H3/b16-14-. The third-order valence-electron chi connectivity index (χ3n) is 4.11. The fourth-order valence-corrected chi connectivity index (χ4v) is 4.47. The molecule has 7 nitrogen and oxygen atoms in total. The summed E-state index contributed by atoms with van der Waals surface area (Å²) in [5, 5.41) is 9.48. The Hall–Kier alpha value is -2.11. The number of sulfone groups is 1. The van der Waals surface area contributed by atoms with Gasteiger partial charge in [0.2, 0.25) is 0 Å². The molecule has 8 heteroatoms. The Labute approximate surface area is 156 Å². The van der Waals surface area contributed by atoms with E-state index in [1.807, 2.05) is 30.0 Å². The highest BCUT2D eigenvalue weighted by molar-refractivity contribution is 7.91. The SMILES string of the molecule is C=CCN(CC=C)C(=O)/C(C#N)=C\N(CCN(C)C)C1CCS(=O)(=O)C1. The van der Waals surface area contributed by atoms with Gasteiger partial charge in [-0.25, -0.2) is 8.42 Å². The van der Waals surface area contributed by atoms with E-state index >= 15 is 0 Å². The maximum absolute atomic E-state index is 12.7. The molecule has 0 bridgehead atoms. The third-order valence-corrected chi connectivity index (χ3v) is 5.87. The maximum atomic E-state index is 12.7. The molecule has 0 aromatic carbocycles. The molecule has 0 aromatic rings. The number of hydrogen-bond acceptors (Lipinski definition) is 6. The number of amides is 1. The summed E-state index contributed by atoms with van der Waals surface area (Å²) in [5.74, 6) is -0.228. The average molecular weight is 381 g/mol. The number of nitrogens with zero attached hydrogens (tertiary/aromatic N) is 4. The molecule has 26 heavy (non-hydrogen) atoms. The molecule has 1 aliphatic rings. The van der Waals surface area contributed by atoms with E-state index in [0.717, 1.165) is 0 Å².